The van der Waals surface area contributed by atoms with E-state index in [1.807, 2.05) is 89.5 Å². The van der Waals surface area contributed by atoms with E-state index in [1.165, 1.54) is 0 Å². The lowest BCUT2D eigenvalue weighted by molar-refractivity contribution is 0.426. The normalized spacial score (nSPS) is 12.7. The summed E-state index contributed by atoms with van der Waals surface area (Å²) in [6.45, 7) is 5.25. The van der Waals surface area contributed by atoms with Gasteiger partial charge in [0.1, 0.15) is 0 Å². The number of ether oxygens (including phenoxy) is 1. The van der Waals surface area contributed by atoms with E-state index in [-0.39, 0.29) is 0 Å². The second-order valence-electron chi connectivity index (χ2n) is 8.03. The topological polar surface area (TPSA) is 54.6 Å². The van der Waals surface area contributed by atoms with Crippen LogP contribution in [0.25, 0.3) is 0 Å². The first-order valence-corrected chi connectivity index (χ1v) is 12.3. The highest BCUT2D eigenvalue weighted by molar-refractivity contribution is 7.99. The van der Waals surface area contributed by atoms with Crippen LogP contribution in [0.5, 0.6) is 11.5 Å². The predicted octanol–water partition coefficient (Wildman–Crippen LogP) is 8.77. The average molecular weight is 491 g/mol. The number of hydrogen-bond acceptors (Lipinski definition) is 7. The van der Waals surface area contributed by atoms with Crippen LogP contribution in [-0.2, 0) is 0 Å². The zero-order valence-electron chi connectivity index (χ0n) is 19.5. The fraction of sp³-hybridized carbons (Fsp3) is 0.0345. The van der Waals surface area contributed by atoms with Gasteiger partial charge in [-0.25, -0.2) is 0 Å². The summed E-state index contributed by atoms with van der Waals surface area (Å²) in [6, 6.07) is 32.6. The molecule has 0 atom stereocenters. The highest BCUT2D eigenvalue weighted by atomic mass is 32.2. The quantitative estimate of drug-likeness (QED) is 0.224. The maximum absolute atomic E-state index is 6.10. The van der Waals surface area contributed by atoms with Crippen LogP contribution in [0.3, 0.4) is 0 Å². The Bertz CT molecular complexity index is 1360. The number of benzene rings is 4. The largest absolute Gasteiger partial charge is 0.453 e. The maximum atomic E-state index is 6.10. The zero-order valence-corrected chi connectivity index (χ0v) is 20.4. The number of fused-ring (bicyclic) bond motifs is 4. The Hall–Kier alpha value is -4.49. The minimum absolute atomic E-state index is 0.409. The SMILES string of the molecule is C=CC.c1ccc2c(c1)Oc1ccccc1N2c1noc(N2c3ccccc3Sc3ccccc32)n1. The molecule has 5 aromatic rings. The van der Waals surface area contributed by atoms with E-state index < -0.39 is 0 Å². The van der Waals surface area contributed by atoms with Gasteiger partial charge in [0, 0.05) is 9.79 Å². The van der Waals surface area contributed by atoms with Crippen LogP contribution in [0.1, 0.15) is 6.92 Å². The number of allylic oxidation sites excluding steroid dienone is 1. The molecule has 6 nitrogen and oxygen atoms in total. The first-order chi connectivity index (χ1) is 17.8. The Labute approximate surface area is 213 Å². The molecule has 7 rings (SSSR count). The molecule has 0 aliphatic carbocycles. The van der Waals surface area contributed by atoms with Gasteiger partial charge in [-0.2, -0.15) is 4.98 Å². The molecule has 0 bridgehead atoms. The second-order valence-corrected chi connectivity index (χ2v) is 9.11. The van der Waals surface area contributed by atoms with Crippen molar-refractivity contribution in [2.24, 2.45) is 0 Å². The average Bonchev–Trinajstić information content (AvgIpc) is 3.40. The first-order valence-electron chi connectivity index (χ1n) is 11.5. The fourth-order valence-corrected chi connectivity index (χ4v) is 5.28. The minimum atomic E-state index is 0.409. The van der Waals surface area contributed by atoms with Gasteiger partial charge in [0.2, 0.25) is 0 Å². The molecule has 0 saturated carbocycles. The van der Waals surface area contributed by atoms with E-state index in [0.29, 0.717) is 12.0 Å². The Morgan fingerprint density at radius 2 is 1.17 bits per heavy atom. The maximum Gasteiger partial charge on any atom is 0.334 e. The van der Waals surface area contributed by atoms with Gasteiger partial charge in [0.25, 0.3) is 5.95 Å². The molecule has 0 N–H and O–H groups in total. The van der Waals surface area contributed by atoms with Gasteiger partial charge in [-0.15, -0.1) is 6.58 Å². The van der Waals surface area contributed by atoms with Crippen molar-refractivity contribution in [3.63, 3.8) is 0 Å². The number of anilines is 6. The molecule has 176 valence electrons. The summed E-state index contributed by atoms with van der Waals surface area (Å²) in [5.41, 5.74) is 3.75. The summed E-state index contributed by atoms with van der Waals surface area (Å²) < 4.78 is 12.0. The molecular formula is C29H22N4O2S. The lowest BCUT2D eigenvalue weighted by atomic mass is 10.2. The van der Waals surface area contributed by atoms with Gasteiger partial charge in [0.15, 0.2) is 11.5 Å². The van der Waals surface area contributed by atoms with Crippen LogP contribution < -0.4 is 14.5 Å². The Morgan fingerprint density at radius 1 is 0.694 bits per heavy atom. The summed E-state index contributed by atoms with van der Waals surface area (Å²) in [5.74, 6) is 1.93. The molecule has 0 amide bonds. The van der Waals surface area contributed by atoms with Crippen LogP contribution >= 0.6 is 11.8 Å². The van der Waals surface area contributed by atoms with Crippen molar-refractivity contribution in [3.8, 4) is 11.5 Å². The zero-order chi connectivity index (χ0) is 24.5. The molecule has 0 unspecified atom stereocenters. The smallest absolute Gasteiger partial charge is 0.334 e. The highest BCUT2D eigenvalue weighted by Gasteiger charge is 2.32. The summed E-state index contributed by atoms with van der Waals surface area (Å²) in [6.07, 6.45) is 1.75. The van der Waals surface area contributed by atoms with E-state index in [9.17, 15) is 0 Å². The Kier molecular flexibility index (Phi) is 5.67. The minimum Gasteiger partial charge on any atom is -0.453 e. The molecule has 3 heterocycles. The molecule has 0 spiro atoms. The molecule has 0 radical (unpaired) electrons. The summed E-state index contributed by atoms with van der Waals surface area (Å²) in [4.78, 5) is 11.1. The van der Waals surface area contributed by atoms with Crippen molar-refractivity contribution >= 4 is 46.5 Å². The molecule has 0 saturated heterocycles. The van der Waals surface area contributed by atoms with Crippen molar-refractivity contribution < 1.29 is 9.26 Å². The molecular weight excluding hydrogens is 468 g/mol. The molecule has 0 fully saturated rings. The van der Waals surface area contributed by atoms with E-state index in [4.69, 9.17) is 14.2 Å². The molecule has 2 aliphatic heterocycles. The Balaban J connectivity index is 0.000000765. The van der Waals surface area contributed by atoms with E-state index in [2.05, 4.69) is 36.0 Å². The van der Waals surface area contributed by atoms with E-state index >= 15 is 0 Å². The molecule has 2 aliphatic rings. The van der Waals surface area contributed by atoms with Crippen molar-refractivity contribution in [1.29, 1.82) is 0 Å². The van der Waals surface area contributed by atoms with Crippen molar-refractivity contribution in [2.75, 3.05) is 9.80 Å². The first kappa shape index (κ1) is 22.0. The monoisotopic (exact) mass is 490 g/mol. The third-order valence-corrected chi connectivity index (χ3v) is 6.79. The number of nitrogens with zero attached hydrogens (tertiary/aromatic N) is 4. The van der Waals surface area contributed by atoms with Crippen LogP contribution in [-0.4, -0.2) is 10.1 Å². The van der Waals surface area contributed by atoms with E-state index in [1.54, 1.807) is 17.8 Å². The third-order valence-electron chi connectivity index (χ3n) is 5.66. The lowest BCUT2D eigenvalue weighted by Gasteiger charge is -2.30. The summed E-state index contributed by atoms with van der Waals surface area (Å²) in [7, 11) is 0. The molecule has 36 heavy (non-hydrogen) atoms. The number of para-hydroxylation sites is 6. The lowest BCUT2D eigenvalue weighted by Crippen LogP contribution is -2.18. The van der Waals surface area contributed by atoms with Crippen molar-refractivity contribution in [2.45, 2.75) is 16.7 Å². The molecule has 4 aromatic carbocycles. The molecule has 1 aromatic heterocycles. The second kappa shape index (κ2) is 9.28. The number of rotatable bonds is 2. The van der Waals surface area contributed by atoms with E-state index in [0.717, 1.165) is 44.0 Å². The van der Waals surface area contributed by atoms with Gasteiger partial charge in [-0.1, -0.05) is 66.4 Å². The van der Waals surface area contributed by atoms with Gasteiger partial charge in [-0.3, -0.25) is 9.80 Å². The van der Waals surface area contributed by atoms with Crippen molar-refractivity contribution in [3.05, 3.63) is 110 Å². The fourth-order valence-electron chi connectivity index (χ4n) is 4.22. The van der Waals surface area contributed by atoms with Crippen LogP contribution in [0.15, 0.2) is 124 Å². The van der Waals surface area contributed by atoms with Crippen LogP contribution in [0.4, 0.5) is 34.7 Å². The predicted molar refractivity (Wildman–Crippen MR) is 144 cm³/mol. The summed E-state index contributed by atoms with van der Waals surface area (Å²) >= 11 is 1.74. The van der Waals surface area contributed by atoms with Crippen LogP contribution in [0.2, 0.25) is 0 Å². The molecule has 7 heteroatoms. The highest BCUT2D eigenvalue weighted by Crippen LogP contribution is 2.52. The standard InChI is InChI=1S/C26H16N4O2S.C3H6/c1-5-13-21-17(9-1)29(18-10-2-6-14-22(18)31-21)25-27-26(32-28-25)30-19-11-3-7-15-23(19)33-24-16-8-4-12-20(24)30;1-3-2/h1-16H;3H,1H2,2H3. The van der Waals surface area contributed by atoms with Crippen molar-refractivity contribution in [1.82, 2.24) is 10.1 Å². The summed E-state index contributed by atoms with van der Waals surface area (Å²) in [5, 5.41) is 4.39. The third kappa shape index (κ3) is 3.70. The number of aromatic nitrogens is 2. The van der Waals surface area contributed by atoms with Gasteiger partial charge in [-0.05, 0) is 60.6 Å². The van der Waals surface area contributed by atoms with Gasteiger partial charge in [0.05, 0.1) is 22.7 Å². The van der Waals surface area contributed by atoms with Gasteiger partial charge < -0.3 is 9.26 Å². The number of hydrogen-bond donors (Lipinski definition) is 0. The van der Waals surface area contributed by atoms with Gasteiger partial charge >= 0.3 is 6.01 Å². The van der Waals surface area contributed by atoms with Crippen LogP contribution in [0, 0.1) is 0 Å². The Morgan fingerprint density at radius 3 is 1.72 bits per heavy atom.